The van der Waals surface area contributed by atoms with Crippen molar-refractivity contribution in [3.8, 4) is 17.1 Å². The number of aromatic nitrogens is 3. The van der Waals surface area contributed by atoms with Crippen LogP contribution in [0.4, 0.5) is 0 Å². The van der Waals surface area contributed by atoms with Gasteiger partial charge in [0.2, 0.25) is 0 Å². The maximum absolute atomic E-state index is 5.46. The summed E-state index contributed by atoms with van der Waals surface area (Å²) in [6, 6.07) is 7.73. The van der Waals surface area contributed by atoms with E-state index in [1.54, 1.807) is 0 Å². The van der Waals surface area contributed by atoms with Gasteiger partial charge in [-0.3, -0.25) is 5.10 Å². The van der Waals surface area contributed by atoms with Gasteiger partial charge in [0.1, 0.15) is 11.6 Å². The SMILES string of the molecule is CCOc1cccc(-c2n[nH]c(CCN)n2)c1. The van der Waals surface area contributed by atoms with Crippen molar-refractivity contribution in [1.82, 2.24) is 15.2 Å². The van der Waals surface area contributed by atoms with E-state index in [1.165, 1.54) is 0 Å². The molecule has 2 rings (SSSR count). The average molecular weight is 232 g/mol. The van der Waals surface area contributed by atoms with Crippen molar-refractivity contribution in [2.45, 2.75) is 13.3 Å². The fourth-order valence-electron chi connectivity index (χ4n) is 1.56. The van der Waals surface area contributed by atoms with Crippen molar-refractivity contribution in [2.75, 3.05) is 13.2 Å². The molecule has 0 unspecified atom stereocenters. The van der Waals surface area contributed by atoms with Gasteiger partial charge in [-0.15, -0.1) is 0 Å². The summed E-state index contributed by atoms with van der Waals surface area (Å²) < 4.78 is 5.44. The first kappa shape index (κ1) is 11.6. The molecule has 0 amide bonds. The highest BCUT2D eigenvalue weighted by Gasteiger charge is 2.06. The van der Waals surface area contributed by atoms with Crippen LogP contribution in [0, 0.1) is 0 Å². The van der Waals surface area contributed by atoms with Gasteiger partial charge in [-0.2, -0.15) is 5.10 Å². The zero-order valence-electron chi connectivity index (χ0n) is 9.81. The fraction of sp³-hybridized carbons (Fsp3) is 0.333. The third-order valence-corrected chi connectivity index (χ3v) is 2.32. The Morgan fingerprint density at radius 3 is 3.06 bits per heavy atom. The highest BCUT2D eigenvalue weighted by molar-refractivity contribution is 5.57. The van der Waals surface area contributed by atoms with Gasteiger partial charge in [0.15, 0.2) is 5.82 Å². The Bertz CT molecular complexity index is 481. The molecule has 90 valence electrons. The molecule has 0 saturated carbocycles. The van der Waals surface area contributed by atoms with E-state index in [2.05, 4.69) is 15.2 Å². The third kappa shape index (κ3) is 2.82. The topological polar surface area (TPSA) is 76.8 Å². The average Bonchev–Trinajstić information content (AvgIpc) is 2.79. The zero-order chi connectivity index (χ0) is 12.1. The van der Waals surface area contributed by atoms with Crippen LogP contribution in [0.5, 0.6) is 5.75 Å². The number of rotatable bonds is 5. The number of ether oxygens (including phenoxy) is 1. The van der Waals surface area contributed by atoms with Crippen molar-refractivity contribution in [1.29, 1.82) is 0 Å². The lowest BCUT2D eigenvalue weighted by atomic mass is 10.2. The molecule has 17 heavy (non-hydrogen) atoms. The van der Waals surface area contributed by atoms with Gasteiger partial charge in [0.05, 0.1) is 6.61 Å². The highest BCUT2D eigenvalue weighted by Crippen LogP contribution is 2.20. The van der Waals surface area contributed by atoms with Crippen LogP contribution in [0.3, 0.4) is 0 Å². The second kappa shape index (κ2) is 5.45. The Morgan fingerprint density at radius 2 is 2.29 bits per heavy atom. The van der Waals surface area contributed by atoms with Crippen LogP contribution >= 0.6 is 0 Å². The van der Waals surface area contributed by atoms with Crippen LogP contribution in [-0.2, 0) is 6.42 Å². The van der Waals surface area contributed by atoms with Gasteiger partial charge in [-0.1, -0.05) is 12.1 Å². The second-order valence-corrected chi connectivity index (χ2v) is 3.61. The number of H-pyrrole nitrogens is 1. The molecule has 5 nitrogen and oxygen atoms in total. The van der Waals surface area contributed by atoms with Crippen molar-refractivity contribution in [3.05, 3.63) is 30.1 Å². The van der Waals surface area contributed by atoms with Crippen molar-refractivity contribution in [2.24, 2.45) is 5.73 Å². The van der Waals surface area contributed by atoms with Crippen LogP contribution in [0.2, 0.25) is 0 Å². The van der Waals surface area contributed by atoms with Crippen molar-refractivity contribution < 1.29 is 4.74 Å². The van der Waals surface area contributed by atoms with E-state index in [0.29, 0.717) is 25.4 Å². The molecule has 0 radical (unpaired) electrons. The molecule has 5 heteroatoms. The fourth-order valence-corrected chi connectivity index (χ4v) is 1.56. The van der Waals surface area contributed by atoms with Gasteiger partial charge >= 0.3 is 0 Å². The predicted octanol–water partition coefficient (Wildman–Crippen LogP) is 1.37. The van der Waals surface area contributed by atoms with Crippen molar-refractivity contribution >= 4 is 0 Å². The monoisotopic (exact) mass is 232 g/mol. The van der Waals surface area contributed by atoms with Gasteiger partial charge in [0.25, 0.3) is 0 Å². The number of nitrogens with zero attached hydrogens (tertiary/aromatic N) is 2. The van der Waals surface area contributed by atoms with Gasteiger partial charge in [-0.25, -0.2) is 4.98 Å². The van der Waals surface area contributed by atoms with E-state index >= 15 is 0 Å². The van der Waals surface area contributed by atoms with Crippen LogP contribution in [0.1, 0.15) is 12.7 Å². The number of benzene rings is 1. The molecular formula is C12H16N4O. The van der Waals surface area contributed by atoms with E-state index in [9.17, 15) is 0 Å². The molecule has 0 aliphatic heterocycles. The summed E-state index contributed by atoms with van der Waals surface area (Å²) >= 11 is 0. The summed E-state index contributed by atoms with van der Waals surface area (Å²) in [4.78, 5) is 4.37. The highest BCUT2D eigenvalue weighted by atomic mass is 16.5. The summed E-state index contributed by atoms with van der Waals surface area (Å²) in [6.45, 7) is 3.17. The lowest BCUT2D eigenvalue weighted by Crippen LogP contribution is -2.03. The minimum atomic E-state index is 0.563. The summed E-state index contributed by atoms with van der Waals surface area (Å²) in [5, 5.41) is 7.03. The Kier molecular flexibility index (Phi) is 3.72. The minimum absolute atomic E-state index is 0.563. The maximum Gasteiger partial charge on any atom is 0.181 e. The van der Waals surface area contributed by atoms with Crippen LogP contribution in [-0.4, -0.2) is 28.3 Å². The molecule has 2 aromatic rings. The maximum atomic E-state index is 5.46. The molecule has 0 fully saturated rings. The van der Waals surface area contributed by atoms with E-state index in [-0.39, 0.29) is 0 Å². The van der Waals surface area contributed by atoms with Crippen molar-refractivity contribution in [3.63, 3.8) is 0 Å². The van der Waals surface area contributed by atoms with E-state index in [1.807, 2.05) is 31.2 Å². The molecule has 0 saturated heterocycles. The third-order valence-electron chi connectivity index (χ3n) is 2.32. The molecule has 0 aliphatic rings. The summed E-state index contributed by atoms with van der Waals surface area (Å²) in [5.74, 6) is 2.31. The largest absolute Gasteiger partial charge is 0.494 e. The molecular weight excluding hydrogens is 216 g/mol. The normalized spacial score (nSPS) is 10.5. The summed E-state index contributed by atoms with van der Waals surface area (Å²) in [6.07, 6.45) is 0.706. The standard InChI is InChI=1S/C12H16N4O/c1-2-17-10-5-3-4-9(8-10)12-14-11(6-7-13)15-16-12/h3-5,8H,2,6-7,13H2,1H3,(H,14,15,16). The molecule has 0 spiro atoms. The number of aromatic amines is 1. The Balaban J connectivity index is 2.22. The van der Waals surface area contributed by atoms with Crippen LogP contribution in [0.15, 0.2) is 24.3 Å². The lowest BCUT2D eigenvalue weighted by molar-refractivity contribution is 0.340. The predicted molar refractivity (Wildman–Crippen MR) is 65.7 cm³/mol. The molecule has 1 aromatic heterocycles. The first-order chi connectivity index (χ1) is 8.33. The lowest BCUT2D eigenvalue weighted by Gasteiger charge is -2.03. The number of hydrogen-bond acceptors (Lipinski definition) is 4. The number of nitrogens with one attached hydrogen (secondary N) is 1. The number of nitrogens with two attached hydrogens (primary N) is 1. The first-order valence-electron chi connectivity index (χ1n) is 5.68. The zero-order valence-corrected chi connectivity index (χ0v) is 9.81. The Labute approximate surface area is 100 Å². The molecule has 1 aromatic carbocycles. The van der Waals surface area contributed by atoms with Crippen LogP contribution < -0.4 is 10.5 Å². The van der Waals surface area contributed by atoms with Gasteiger partial charge in [-0.05, 0) is 25.6 Å². The minimum Gasteiger partial charge on any atom is -0.494 e. The van der Waals surface area contributed by atoms with Gasteiger partial charge in [0, 0.05) is 12.0 Å². The second-order valence-electron chi connectivity index (χ2n) is 3.61. The molecule has 0 aliphatic carbocycles. The molecule has 3 N–H and O–H groups in total. The smallest absolute Gasteiger partial charge is 0.181 e. The van der Waals surface area contributed by atoms with Crippen LogP contribution in [0.25, 0.3) is 11.4 Å². The number of hydrogen-bond donors (Lipinski definition) is 2. The molecule has 0 atom stereocenters. The van der Waals surface area contributed by atoms with E-state index in [0.717, 1.165) is 17.1 Å². The molecule has 1 heterocycles. The van der Waals surface area contributed by atoms with E-state index in [4.69, 9.17) is 10.5 Å². The Morgan fingerprint density at radius 1 is 1.41 bits per heavy atom. The Hall–Kier alpha value is -1.88. The van der Waals surface area contributed by atoms with Gasteiger partial charge < -0.3 is 10.5 Å². The first-order valence-corrected chi connectivity index (χ1v) is 5.68. The quantitative estimate of drug-likeness (QED) is 0.816. The summed E-state index contributed by atoms with van der Waals surface area (Å²) in [7, 11) is 0. The summed E-state index contributed by atoms with van der Waals surface area (Å²) in [5.41, 5.74) is 6.40. The molecule has 0 bridgehead atoms. The van der Waals surface area contributed by atoms with E-state index < -0.39 is 0 Å².